The van der Waals surface area contributed by atoms with E-state index in [-0.39, 0.29) is 17.8 Å². The first-order valence-electron chi connectivity index (χ1n) is 8.72. The van der Waals surface area contributed by atoms with Crippen molar-refractivity contribution in [2.24, 2.45) is 4.99 Å². The van der Waals surface area contributed by atoms with E-state index in [0.29, 0.717) is 38.4 Å². The summed E-state index contributed by atoms with van der Waals surface area (Å²) in [6, 6.07) is 5.90. The molecule has 1 saturated heterocycles. The first-order valence-corrected chi connectivity index (χ1v) is 8.72. The van der Waals surface area contributed by atoms with Crippen LogP contribution in [0.1, 0.15) is 32.3 Å². The molecular formula is C18H26FN5O2. The van der Waals surface area contributed by atoms with Gasteiger partial charge in [-0.1, -0.05) is 19.1 Å². The summed E-state index contributed by atoms with van der Waals surface area (Å²) in [5.41, 5.74) is 0.143. The van der Waals surface area contributed by atoms with Gasteiger partial charge >= 0.3 is 6.03 Å². The number of carbonyl (C=O) groups excluding carboxylic acids is 2. The minimum absolute atomic E-state index is 0.177. The number of aliphatic imine (C=N–C) groups is 1. The van der Waals surface area contributed by atoms with E-state index >= 15 is 0 Å². The molecule has 3 amide bonds. The van der Waals surface area contributed by atoms with Crippen LogP contribution in [0, 0.1) is 5.82 Å². The Morgan fingerprint density at radius 3 is 2.54 bits per heavy atom. The van der Waals surface area contributed by atoms with Crippen molar-refractivity contribution in [2.75, 3.05) is 20.1 Å². The van der Waals surface area contributed by atoms with E-state index in [1.807, 2.05) is 6.92 Å². The minimum Gasteiger partial charge on any atom is -0.356 e. The molecule has 26 heavy (non-hydrogen) atoms. The molecule has 1 heterocycles. The first kappa shape index (κ1) is 19.7. The van der Waals surface area contributed by atoms with Crippen LogP contribution in [-0.2, 0) is 11.3 Å². The summed E-state index contributed by atoms with van der Waals surface area (Å²) >= 11 is 0. The van der Waals surface area contributed by atoms with Crippen molar-refractivity contribution in [3.05, 3.63) is 35.6 Å². The fourth-order valence-corrected chi connectivity index (χ4v) is 2.64. The molecule has 1 unspecified atom stereocenters. The third-order valence-corrected chi connectivity index (χ3v) is 4.50. The van der Waals surface area contributed by atoms with E-state index in [1.165, 1.54) is 17.0 Å². The molecule has 1 aromatic carbocycles. The molecule has 2 rings (SSSR count). The molecule has 8 heteroatoms. The number of amides is 3. The van der Waals surface area contributed by atoms with Crippen LogP contribution < -0.4 is 16.0 Å². The van der Waals surface area contributed by atoms with Gasteiger partial charge in [-0.3, -0.25) is 14.7 Å². The molecule has 1 fully saturated rings. The largest absolute Gasteiger partial charge is 0.356 e. The van der Waals surface area contributed by atoms with Gasteiger partial charge in [0, 0.05) is 26.7 Å². The average Bonchev–Trinajstić information content (AvgIpc) is 2.85. The van der Waals surface area contributed by atoms with Crippen LogP contribution >= 0.6 is 0 Å². The lowest BCUT2D eigenvalue weighted by Gasteiger charge is -2.19. The maximum atomic E-state index is 12.9. The van der Waals surface area contributed by atoms with Gasteiger partial charge < -0.3 is 16.0 Å². The molecule has 0 radical (unpaired) electrons. The minimum atomic E-state index is -0.794. The van der Waals surface area contributed by atoms with Gasteiger partial charge in [0.25, 0.3) is 5.91 Å². The lowest BCUT2D eigenvalue weighted by atomic mass is 9.99. The topological polar surface area (TPSA) is 85.8 Å². The van der Waals surface area contributed by atoms with Crippen LogP contribution in [0.2, 0.25) is 0 Å². The van der Waals surface area contributed by atoms with Crippen molar-refractivity contribution in [1.29, 1.82) is 0 Å². The third kappa shape index (κ3) is 4.71. The van der Waals surface area contributed by atoms with Crippen LogP contribution in [0.15, 0.2) is 29.3 Å². The Morgan fingerprint density at radius 2 is 1.96 bits per heavy atom. The van der Waals surface area contributed by atoms with Crippen LogP contribution in [0.5, 0.6) is 0 Å². The first-order chi connectivity index (χ1) is 12.4. The Bertz CT molecular complexity index is 677. The Hall–Kier alpha value is -2.64. The molecule has 1 aliphatic heterocycles. The SMILES string of the molecule is CCC1(C)NC(=O)N(CCCNC(=NC)NCc2ccc(F)cc2)C1=O. The normalized spacial score (nSPS) is 20.3. The predicted molar refractivity (Wildman–Crippen MR) is 98.2 cm³/mol. The summed E-state index contributed by atoms with van der Waals surface area (Å²) in [5, 5.41) is 9.00. The van der Waals surface area contributed by atoms with Crippen molar-refractivity contribution in [2.45, 2.75) is 38.8 Å². The van der Waals surface area contributed by atoms with Gasteiger partial charge in [0.15, 0.2) is 5.96 Å². The Balaban J connectivity index is 1.73. The highest BCUT2D eigenvalue weighted by Gasteiger charge is 2.45. The van der Waals surface area contributed by atoms with Gasteiger partial charge in [-0.05, 0) is 37.5 Å². The molecule has 7 nitrogen and oxygen atoms in total. The zero-order chi connectivity index (χ0) is 19.2. The van der Waals surface area contributed by atoms with E-state index in [0.717, 1.165) is 5.56 Å². The second kappa shape index (κ2) is 8.64. The maximum Gasteiger partial charge on any atom is 0.325 e. The summed E-state index contributed by atoms with van der Waals surface area (Å²) in [6.45, 7) is 5.04. The highest BCUT2D eigenvalue weighted by atomic mass is 19.1. The Labute approximate surface area is 153 Å². The number of carbonyl (C=O) groups is 2. The number of guanidine groups is 1. The number of imide groups is 1. The van der Waals surface area contributed by atoms with Crippen molar-refractivity contribution in [3.8, 4) is 0 Å². The number of rotatable bonds is 7. The smallest absolute Gasteiger partial charge is 0.325 e. The number of nitrogens with one attached hydrogen (secondary N) is 3. The van der Waals surface area contributed by atoms with Crippen LogP contribution in [-0.4, -0.2) is 48.5 Å². The molecule has 0 bridgehead atoms. The van der Waals surface area contributed by atoms with E-state index < -0.39 is 5.54 Å². The molecule has 1 atom stereocenters. The molecule has 1 aliphatic rings. The van der Waals surface area contributed by atoms with Crippen molar-refractivity contribution >= 4 is 17.9 Å². The summed E-state index contributed by atoms with van der Waals surface area (Å²) in [6.07, 6.45) is 1.17. The molecule has 0 saturated carbocycles. The standard InChI is InChI=1S/C18H26FN5O2/c1-4-18(2)15(25)24(17(26)23-18)11-5-10-21-16(20-3)22-12-13-6-8-14(19)9-7-13/h6-9H,4-5,10-12H2,1-3H3,(H,23,26)(H2,20,21,22). The number of hydrogen-bond acceptors (Lipinski definition) is 3. The molecule has 0 spiro atoms. The summed E-state index contributed by atoms with van der Waals surface area (Å²) in [7, 11) is 1.66. The zero-order valence-electron chi connectivity index (χ0n) is 15.4. The average molecular weight is 363 g/mol. The second-order valence-corrected chi connectivity index (χ2v) is 6.41. The Morgan fingerprint density at radius 1 is 1.27 bits per heavy atom. The van der Waals surface area contributed by atoms with Crippen LogP contribution in [0.25, 0.3) is 0 Å². The van der Waals surface area contributed by atoms with E-state index in [1.54, 1.807) is 26.1 Å². The van der Waals surface area contributed by atoms with Gasteiger partial charge in [0.05, 0.1) is 0 Å². The number of halogens is 1. The molecular weight excluding hydrogens is 337 g/mol. The molecule has 0 aromatic heterocycles. The molecule has 0 aliphatic carbocycles. The number of benzene rings is 1. The Kier molecular flexibility index (Phi) is 6.54. The monoisotopic (exact) mass is 363 g/mol. The lowest BCUT2D eigenvalue weighted by molar-refractivity contribution is -0.130. The van der Waals surface area contributed by atoms with Crippen LogP contribution in [0.3, 0.4) is 0 Å². The highest BCUT2D eigenvalue weighted by molar-refractivity contribution is 6.06. The van der Waals surface area contributed by atoms with Crippen LogP contribution in [0.4, 0.5) is 9.18 Å². The fourth-order valence-electron chi connectivity index (χ4n) is 2.64. The summed E-state index contributed by atoms with van der Waals surface area (Å²) in [4.78, 5) is 29.6. The number of nitrogens with zero attached hydrogens (tertiary/aromatic N) is 2. The highest BCUT2D eigenvalue weighted by Crippen LogP contribution is 2.20. The van der Waals surface area contributed by atoms with Crippen molar-refractivity contribution in [3.63, 3.8) is 0 Å². The molecule has 142 valence electrons. The van der Waals surface area contributed by atoms with E-state index in [9.17, 15) is 14.0 Å². The quantitative estimate of drug-likeness (QED) is 0.297. The second-order valence-electron chi connectivity index (χ2n) is 6.41. The molecule has 3 N–H and O–H groups in total. The maximum absolute atomic E-state index is 12.9. The lowest BCUT2D eigenvalue weighted by Crippen LogP contribution is -2.43. The summed E-state index contributed by atoms with van der Waals surface area (Å²) in [5.74, 6) is 0.157. The predicted octanol–water partition coefficient (Wildman–Crippen LogP) is 1.60. The van der Waals surface area contributed by atoms with E-state index in [2.05, 4.69) is 20.9 Å². The number of urea groups is 1. The van der Waals surface area contributed by atoms with Crippen molar-refractivity contribution < 1.29 is 14.0 Å². The fraction of sp³-hybridized carbons (Fsp3) is 0.500. The zero-order valence-corrected chi connectivity index (χ0v) is 15.4. The van der Waals surface area contributed by atoms with Gasteiger partial charge in [-0.15, -0.1) is 0 Å². The number of hydrogen-bond donors (Lipinski definition) is 3. The van der Waals surface area contributed by atoms with Gasteiger partial charge in [-0.25, -0.2) is 9.18 Å². The summed E-state index contributed by atoms with van der Waals surface area (Å²) < 4.78 is 12.9. The van der Waals surface area contributed by atoms with Crippen molar-refractivity contribution in [1.82, 2.24) is 20.9 Å². The van der Waals surface area contributed by atoms with Gasteiger partial charge in [-0.2, -0.15) is 0 Å². The van der Waals surface area contributed by atoms with Gasteiger partial charge in [0.1, 0.15) is 11.4 Å². The third-order valence-electron chi connectivity index (χ3n) is 4.50. The molecule has 1 aromatic rings. The van der Waals surface area contributed by atoms with E-state index in [4.69, 9.17) is 0 Å². The van der Waals surface area contributed by atoms with Gasteiger partial charge in [0.2, 0.25) is 0 Å².